The molecule has 1 atom stereocenters. The first-order valence-corrected chi connectivity index (χ1v) is 8.66. The number of anilines is 1. The topological polar surface area (TPSA) is 88.5 Å². The van der Waals surface area contributed by atoms with Gasteiger partial charge in [-0.3, -0.25) is 4.79 Å². The van der Waals surface area contributed by atoms with Crippen LogP contribution >= 0.6 is 11.3 Å². The molecule has 24 heavy (non-hydrogen) atoms. The number of carboxylic acid groups (broad SMARTS) is 1. The number of ether oxygens (including phenoxy) is 1. The Morgan fingerprint density at radius 3 is 2.88 bits per heavy atom. The van der Waals surface area contributed by atoms with Crippen LogP contribution < -0.4 is 5.32 Å². The minimum Gasteiger partial charge on any atom is -0.450 e. The number of aromatic nitrogens is 1. The summed E-state index contributed by atoms with van der Waals surface area (Å²) >= 11 is 1.40. The average molecular weight is 346 g/mol. The molecule has 7 heteroatoms. The Morgan fingerprint density at radius 1 is 1.33 bits per heavy atom. The lowest BCUT2D eigenvalue weighted by atomic mass is 10.0. The number of rotatable bonds is 5. The van der Waals surface area contributed by atoms with Crippen LogP contribution in [-0.4, -0.2) is 22.2 Å². The van der Waals surface area contributed by atoms with Gasteiger partial charge in [0, 0.05) is 11.3 Å². The zero-order chi connectivity index (χ0) is 16.9. The zero-order valence-electron chi connectivity index (χ0n) is 13.0. The van der Waals surface area contributed by atoms with Gasteiger partial charge in [-0.2, -0.15) is 0 Å². The number of hydrogen-bond acceptors (Lipinski definition) is 5. The van der Waals surface area contributed by atoms with Crippen LogP contribution in [0.3, 0.4) is 0 Å². The van der Waals surface area contributed by atoms with E-state index in [1.165, 1.54) is 11.3 Å². The number of fused-ring (bicyclic) bond motifs is 1. The van der Waals surface area contributed by atoms with Crippen molar-refractivity contribution in [2.45, 2.75) is 38.2 Å². The molecule has 2 N–H and O–H groups in total. The molecular formula is C17H18N2O4S. The second-order valence-corrected chi connectivity index (χ2v) is 6.71. The van der Waals surface area contributed by atoms with Crippen molar-refractivity contribution in [2.75, 3.05) is 5.32 Å². The first-order valence-electron chi connectivity index (χ1n) is 7.85. The summed E-state index contributed by atoms with van der Waals surface area (Å²) in [6, 6.07) is 9.82. The number of carbonyl (C=O) groups excluding carboxylic acids is 1. The summed E-state index contributed by atoms with van der Waals surface area (Å²) in [5, 5.41) is 12.1. The van der Waals surface area contributed by atoms with Gasteiger partial charge in [-0.05, 0) is 31.2 Å². The normalized spacial score (nSPS) is 16.2. The van der Waals surface area contributed by atoms with E-state index in [1.54, 1.807) is 0 Å². The first-order chi connectivity index (χ1) is 11.6. The number of nitrogens with zero attached hydrogens (tertiary/aromatic N) is 1. The van der Waals surface area contributed by atoms with Crippen LogP contribution in [0, 0.1) is 0 Å². The van der Waals surface area contributed by atoms with Gasteiger partial charge < -0.3 is 15.2 Å². The molecule has 1 aromatic carbocycles. The molecule has 1 aliphatic carbocycles. The van der Waals surface area contributed by atoms with Gasteiger partial charge in [0.25, 0.3) is 0 Å². The monoisotopic (exact) mass is 346 g/mol. The highest BCUT2D eigenvalue weighted by Gasteiger charge is 2.28. The van der Waals surface area contributed by atoms with Gasteiger partial charge in [-0.15, -0.1) is 11.3 Å². The molecule has 2 aromatic rings. The molecule has 1 aliphatic rings. The third kappa shape index (κ3) is 4.11. The summed E-state index contributed by atoms with van der Waals surface area (Å²) in [5.41, 5.74) is 1.76. The molecule has 6 nitrogen and oxygen atoms in total. The largest absolute Gasteiger partial charge is 0.506 e. The van der Waals surface area contributed by atoms with Crippen molar-refractivity contribution in [2.24, 2.45) is 0 Å². The van der Waals surface area contributed by atoms with Crippen molar-refractivity contribution < 1.29 is 19.4 Å². The van der Waals surface area contributed by atoms with Crippen LogP contribution in [0.1, 0.15) is 41.5 Å². The number of amides is 1. The van der Waals surface area contributed by atoms with Crippen molar-refractivity contribution in [1.82, 2.24) is 4.98 Å². The highest BCUT2D eigenvalue weighted by molar-refractivity contribution is 7.15. The Morgan fingerprint density at radius 2 is 2.12 bits per heavy atom. The summed E-state index contributed by atoms with van der Waals surface area (Å²) in [4.78, 5) is 28.2. The summed E-state index contributed by atoms with van der Waals surface area (Å²) < 4.78 is 4.89. The van der Waals surface area contributed by atoms with E-state index in [-0.39, 0.29) is 5.91 Å². The molecule has 1 aromatic heterocycles. The average Bonchev–Trinajstić information content (AvgIpc) is 2.97. The zero-order valence-corrected chi connectivity index (χ0v) is 13.8. The van der Waals surface area contributed by atoms with Crippen LogP contribution in [0.2, 0.25) is 0 Å². The van der Waals surface area contributed by atoms with E-state index >= 15 is 0 Å². The number of nitrogens with one attached hydrogen (secondary N) is 1. The molecule has 126 valence electrons. The van der Waals surface area contributed by atoms with Gasteiger partial charge >= 0.3 is 6.16 Å². The Kier molecular flexibility index (Phi) is 5.10. The van der Waals surface area contributed by atoms with Gasteiger partial charge in [-0.25, -0.2) is 9.78 Å². The smallest absolute Gasteiger partial charge is 0.450 e. The third-order valence-corrected chi connectivity index (χ3v) is 4.92. The molecule has 0 spiro atoms. The second-order valence-electron chi connectivity index (χ2n) is 5.63. The molecule has 1 unspecified atom stereocenters. The van der Waals surface area contributed by atoms with Crippen molar-refractivity contribution in [3.63, 3.8) is 0 Å². The summed E-state index contributed by atoms with van der Waals surface area (Å²) in [6.07, 6.45) is 1.55. The minimum absolute atomic E-state index is 0.0966. The van der Waals surface area contributed by atoms with Crippen LogP contribution in [0.15, 0.2) is 30.3 Å². The minimum atomic E-state index is -1.30. The van der Waals surface area contributed by atoms with Gasteiger partial charge in [0.2, 0.25) is 5.91 Å². The van der Waals surface area contributed by atoms with Crippen LogP contribution in [0.4, 0.5) is 9.93 Å². The molecule has 1 heterocycles. The van der Waals surface area contributed by atoms with E-state index in [0.717, 1.165) is 23.3 Å². The van der Waals surface area contributed by atoms with E-state index in [0.29, 0.717) is 30.1 Å². The molecule has 3 rings (SSSR count). The molecule has 0 saturated carbocycles. The van der Waals surface area contributed by atoms with E-state index < -0.39 is 12.3 Å². The second kappa shape index (κ2) is 7.44. The predicted molar refractivity (Wildman–Crippen MR) is 90.3 cm³/mol. The van der Waals surface area contributed by atoms with Crippen LogP contribution in [-0.2, 0) is 22.4 Å². The fourth-order valence-electron chi connectivity index (χ4n) is 2.75. The van der Waals surface area contributed by atoms with Crippen molar-refractivity contribution >= 4 is 28.5 Å². The van der Waals surface area contributed by atoms with E-state index in [4.69, 9.17) is 9.84 Å². The Hall–Kier alpha value is -2.41. The van der Waals surface area contributed by atoms with E-state index in [1.807, 2.05) is 30.3 Å². The SMILES string of the molecule is O=C(CCc1ccccc1)Nc1nc2c(s1)CCCC2OC(=O)O. The van der Waals surface area contributed by atoms with E-state index in [9.17, 15) is 9.59 Å². The summed E-state index contributed by atoms with van der Waals surface area (Å²) in [6.45, 7) is 0. The number of thiazole rings is 1. The molecule has 0 bridgehead atoms. The summed E-state index contributed by atoms with van der Waals surface area (Å²) in [7, 11) is 0. The highest BCUT2D eigenvalue weighted by Crippen LogP contribution is 2.37. The molecule has 0 fully saturated rings. The number of aryl methyl sites for hydroxylation is 2. The number of benzene rings is 1. The van der Waals surface area contributed by atoms with Gasteiger partial charge in [-0.1, -0.05) is 30.3 Å². The molecule has 0 aliphatic heterocycles. The molecule has 0 radical (unpaired) electrons. The molecular weight excluding hydrogens is 328 g/mol. The number of hydrogen-bond donors (Lipinski definition) is 2. The first kappa shape index (κ1) is 16.4. The summed E-state index contributed by atoms with van der Waals surface area (Å²) in [5.74, 6) is -0.0966. The Balaban J connectivity index is 1.60. The molecule has 0 saturated heterocycles. The van der Waals surface area contributed by atoms with Crippen LogP contribution in [0.5, 0.6) is 0 Å². The predicted octanol–water partition coefficient (Wildman–Crippen LogP) is 3.79. The fraction of sp³-hybridized carbons (Fsp3) is 0.353. The molecule has 1 amide bonds. The lowest BCUT2D eigenvalue weighted by Crippen LogP contribution is -2.15. The lowest BCUT2D eigenvalue weighted by molar-refractivity contribution is -0.116. The maximum absolute atomic E-state index is 12.1. The van der Waals surface area contributed by atoms with Gasteiger partial charge in [0.1, 0.15) is 6.10 Å². The number of carbonyl (C=O) groups is 2. The van der Waals surface area contributed by atoms with Gasteiger partial charge in [0.15, 0.2) is 5.13 Å². The van der Waals surface area contributed by atoms with Crippen LogP contribution in [0.25, 0.3) is 0 Å². The van der Waals surface area contributed by atoms with Crippen molar-refractivity contribution in [3.05, 3.63) is 46.5 Å². The standard InChI is InChI=1S/C17H18N2O4S/c20-14(10-9-11-5-2-1-3-6-11)18-16-19-15-12(23-17(21)22)7-4-8-13(15)24-16/h1-3,5-6,12H,4,7-10H2,(H,21,22)(H,18,19,20). The lowest BCUT2D eigenvalue weighted by Gasteiger charge is -2.19. The van der Waals surface area contributed by atoms with E-state index in [2.05, 4.69) is 10.3 Å². The fourth-order valence-corrected chi connectivity index (χ4v) is 3.82. The maximum atomic E-state index is 12.1. The van der Waals surface area contributed by atoms with Crippen molar-refractivity contribution in [3.8, 4) is 0 Å². The van der Waals surface area contributed by atoms with Crippen molar-refractivity contribution in [1.29, 1.82) is 0 Å². The van der Waals surface area contributed by atoms with Gasteiger partial charge in [0.05, 0.1) is 5.69 Å². The third-order valence-electron chi connectivity index (χ3n) is 3.88. The quantitative estimate of drug-likeness (QED) is 0.804. The Bertz CT molecular complexity index is 729. The maximum Gasteiger partial charge on any atom is 0.506 e. The Labute approximate surface area is 143 Å². The highest BCUT2D eigenvalue weighted by atomic mass is 32.1.